The third kappa shape index (κ3) is 3.68. The first-order valence-electron chi connectivity index (χ1n) is 11.5. The van der Waals surface area contributed by atoms with Crippen LogP contribution in [0.4, 0.5) is 14.5 Å². The second kappa shape index (κ2) is 8.40. The fraction of sp³-hybridized carbons (Fsp3) is 0.346. The van der Waals surface area contributed by atoms with Crippen molar-refractivity contribution in [1.29, 1.82) is 0 Å². The largest absolute Gasteiger partial charge is 0.372 e. The predicted octanol–water partition coefficient (Wildman–Crippen LogP) is 4.45. The lowest BCUT2D eigenvalue weighted by Gasteiger charge is -2.54. The van der Waals surface area contributed by atoms with Gasteiger partial charge in [0, 0.05) is 25.2 Å². The molecule has 178 valence electrons. The molecule has 3 atom stereocenters. The molecule has 0 radical (unpaired) electrons. The molecule has 5 heterocycles. The molecule has 35 heavy (non-hydrogen) atoms. The summed E-state index contributed by atoms with van der Waals surface area (Å²) in [7, 11) is 0. The number of anilines is 1. The van der Waals surface area contributed by atoms with Crippen LogP contribution < -0.4 is 4.90 Å². The Morgan fingerprint density at radius 3 is 2.74 bits per heavy atom. The zero-order valence-corrected chi connectivity index (χ0v) is 20.1. The smallest absolute Gasteiger partial charge is 0.183 e. The Morgan fingerprint density at radius 2 is 1.97 bits per heavy atom. The molecular formula is C26H23F2N5OS. The zero-order chi connectivity index (χ0) is 24.2. The van der Waals surface area contributed by atoms with Gasteiger partial charge >= 0.3 is 0 Å². The number of H-pyrrole nitrogens is 1. The summed E-state index contributed by atoms with van der Waals surface area (Å²) in [5.74, 6) is 4.09. The van der Waals surface area contributed by atoms with Crippen molar-refractivity contribution in [3.8, 4) is 22.4 Å². The van der Waals surface area contributed by atoms with E-state index in [2.05, 4.69) is 32.0 Å². The first-order chi connectivity index (χ1) is 16.9. The second-order valence-corrected chi connectivity index (χ2v) is 10.3. The number of hydrogen-bond acceptors (Lipinski definition) is 6. The maximum atomic E-state index is 15.6. The fourth-order valence-electron chi connectivity index (χ4n) is 5.54. The highest BCUT2D eigenvalue weighted by atomic mass is 32.1. The van der Waals surface area contributed by atoms with E-state index >= 15 is 8.78 Å². The normalized spacial score (nSPS) is 24.1. The topological polar surface area (TPSA) is 65.9 Å². The lowest BCUT2D eigenvalue weighted by Crippen LogP contribution is -2.65. The second-order valence-electron chi connectivity index (χ2n) is 9.25. The standard InChI is InChI=1S/C26H23F2N5OS/c1-15-11-33-24-18(10-26(12-29-14-30-13-26)25(33)16(2)34-15)9-17(22(27)23(24)28)3-4-19-5-6-21(35-19)20-7-8-31-32-20/h5-9,12-13,15-16,25H,10-11,14H2,1-2H3,(H,31,32)/t15-,16+,25-/m1/s1. The van der Waals surface area contributed by atoms with E-state index < -0.39 is 17.0 Å². The van der Waals surface area contributed by atoms with Gasteiger partial charge in [-0.05, 0) is 50.1 Å². The molecule has 9 heteroatoms. The third-order valence-electron chi connectivity index (χ3n) is 6.79. The minimum atomic E-state index is -0.922. The van der Waals surface area contributed by atoms with Crippen molar-refractivity contribution in [2.45, 2.75) is 38.5 Å². The van der Waals surface area contributed by atoms with Crippen LogP contribution in [-0.2, 0) is 11.2 Å². The number of benzene rings is 1. The number of aromatic nitrogens is 2. The van der Waals surface area contributed by atoms with Crippen LogP contribution in [0.1, 0.15) is 29.9 Å². The van der Waals surface area contributed by atoms with Crippen molar-refractivity contribution in [3.63, 3.8) is 0 Å². The Morgan fingerprint density at radius 1 is 1.14 bits per heavy atom. The number of halogens is 2. The summed E-state index contributed by atoms with van der Waals surface area (Å²) in [6, 6.07) is 7.13. The minimum absolute atomic E-state index is 0.0467. The molecule has 6 rings (SSSR count). The lowest BCUT2D eigenvalue weighted by atomic mass is 9.69. The molecule has 1 N–H and O–H groups in total. The molecule has 2 aromatic heterocycles. The summed E-state index contributed by atoms with van der Waals surface area (Å²) < 4.78 is 37.0. The van der Waals surface area contributed by atoms with Gasteiger partial charge in [0.15, 0.2) is 11.6 Å². The summed E-state index contributed by atoms with van der Waals surface area (Å²) in [6.45, 7) is 4.76. The lowest BCUT2D eigenvalue weighted by molar-refractivity contribution is -0.0433. The van der Waals surface area contributed by atoms with E-state index in [1.807, 2.05) is 49.4 Å². The molecule has 0 saturated carbocycles. The number of thiophene rings is 1. The van der Waals surface area contributed by atoms with Gasteiger partial charge in [-0.2, -0.15) is 5.10 Å². The maximum absolute atomic E-state index is 15.6. The van der Waals surface area contributed by atoms with E-state index in [0.717, 1.165) is 15.4 Å². The first kappa shape index (κ1) is 22.1. The monoisotopic (exact) mass is 491 g/mol. The quantitative estimate of drug-likeness (QED) is 0.512. The fourth-order valence-corrected chi connectivity index (χ4v) is 6.38. The molecule has 0 unspecified atom stereocenters. The summed E-state index contributed by atoms with van der Waals surface area (Å²) in [5.41, 5.74) is 1.39. The van der Waals surface area contributed by atoms with Crippen LogP contribution in [0.5, 0.6) is 0 Å². The van der Waals surface area contributed by atoms with E-state index in [1.54, 1.807) is 12.3 Å². The Balaban J connectivity index is 1.42. The molecular weight excluding hydrogens is 468 g/mol. The van der Waals surface area contributed by atoms with E-state index in [0.29, 0.717) is 30.9 Å². The highest BCUT2D eigenvalue weighted by molar-refractivity contribution is 7.16. The number of nitrogens with one attached hydrogen (secondary N) is 1. The van der Waals surface area contributed by atoms with E-state index in [-0.39, 0.29) is 23.8 Å². The SMILES string of the molecule is C[C@@H]1CN2c3c(cc(C#Cc4ccc(-c5ccn[nH]5)s4)c(F)c3F)CC3(C=NCN=C3)[C@H]2[C@H](C)O1. The number of morpholine rings is 1. The highest BCUT2D eigenvalue weighted by Gasteiger charge is 2.52. The number of hydrogen-bond donors (Lipinski definition) is 1. The van der Waals surface area contributed by atoms with Crippen molar-refractivity contribution in [3.05, 3.63) is 58.1 Å². The molecule has 1 spiro atoms. The van der Waals surface area contributed by atoms with Crippen molar-refractivity contribution in [2.24, 2.45) is 15.4 Å². The molecule has 0 aliphatic carbocycles. The molecule has 0 amide bonds. The molecule has 1 saturated heterocycles. The van der Waals surface area contributed by atoms with Gasteiger partial charge in [0.2, 0.25) is 0 Å². The zero-order valence-electron chi connectivity index (χ0n) is 19.3. The molecule has 3 aliphatic heterocycles. The van der Waals surface area contributed by atoms with Gasteiger partial charge in [-0.1, -0.05) is 11.8 Å². The van der Waals surface area contributed by atoms with E-state index in [1.165, 1.54) is 11.3 Å². The summed E-state index contributed by atoms with van der Waals surface area (Å²) in [4.78, 5) is 12.5. The molecule has 1 aromatic carbocycles. The van der Waals surface area contributed by atoms with E-state index in [9.17, 15) is 0 Å². The van der Waals surface area contributed by atoms with Gasteiger partial charge in [0.1, 0.15) is 6.67 Å². The maximum Gasteiger partial charge on any atom is 0.183 e. The highest BCUT2D eigenvalue weighted by Crippen LogP contribution is 2.46. The van der Waals surface area contributed by atoms with Crippen molar-refractivity contribution < 1.29 is 13.5 Å². The Bertz CT molecular complexity index is 1390. The van der Waals surface area contributed by atoms with Crippen molar-refractivity contribution in [2.75, 3.05) is 18.1 Å². The molecule has 3 aromatic rings. The van der Waals surface area contributed by atoms with Gasteiger partial charge in [-0.3, -0.25) is 15.1 Å². The van der Waals surface area contributed by atoms with Gasteiger partial charge in [-0.15, -0.1) is 11.3 Å². The average Bonchev–Trinajstić information content (AvgIpc) is 3.52. The van der Waals surface area contributed by atoms with Crippen LogP contribution in [0, 0.1) is 28.9 Å². The number of aliphatic imine (C=N–C) groups is 2. The van der Waals surface area contributed by atoms with E-state index in [4.69, 9.17) is 4.74 Å². The number of fused-ring (bicyclic) bond motifs is 4. The summed E-state index contributed by atoms with van der Waals surface area (Å²) >= 11 is 1.46. The number of ether oxygens (including phenoxy) is 1. The minimum Gasteiger partial charge on any atom is -0.372 e. The average molecular weight is 492 g/mol. The van der Waals surface area contributed by atoms with Crippen LogP contribution in [0.2, 0.25) is 0 Å². The Labute approximate surface area is 205 Å². The van der Waals surface area contributed by atoms with Gasteiger partial charge in [0.25, 0.3) is 0 Å². The molecule has 1 fully saturated rings. The number of aromatic amines is 1. The molecule has 0 bridgehead atoms. The molecule has 3 aliphatic rings. The van der Waals surface area contributed by atoms with Gasteiger partial charge in [0.05, 0.1) is 50.4 Å². The van der Waals surface area contributed by atoms with Gasteiger partial charge in [-0.25, -0.2) is 8.78 Å². The summed E-state index contributed by atoms with van der Waals surface area (Å²) in [5, 5.41) is 6.88. The Hall–Kier alpha value is -3.35. The predicted molar refractivity (Wildman–Crippen MR) is 133 cm³/mol. The Kier molecular flexibility index (Phi) is 5.31. The van der Waals surface area contributed by atoms with Crippen molar-refractivity contribution in [1.82, 2.24) is 10.2 Å². The van der Waals surface area contributed by atoms with Crippen molar-refractivity contribution >= 4 is 29.5 Å². The third-order valence-corrected chi connectivity index (χ3v) is 7.83. The van der Waals surface area contributed by atoms with Crippen LogP contribution in [0.25, 0.3) is 10.6 Å². The van der Waals surface area contributed by atoms with Crippen LogP contribution in [0.3, 0.4) is 0 Å². The van der Waals surface area contributed by atoms with Gasteiger partial charge < -0.3 is 9.64 Å². The van der Waals surface area contributed by atoms with Crippen LogP contribution in [0.15, 0.2) is 40.4 Å². The van der Waals surface area contributed by atoms with Crippen LogP contribution in [-0.4, -0.2) is 54.1 Å². The number of nitrogens with zero attached hydrogens (tertiary/aromatic N) is 4. The first-order valence-corrected chi connectivity index (χ1v) is 12.3. The van der Waals surface area contributed by atoms with Crippen LogP contribution >= 0.6 is 11.3 Å². The number of rotatable bonds is 1. The molecule has 6 nitrogen and oxygen atoms in total. The summed E-state index contributed by atoms with van der Waals surface area (Å²) in [6.07, 6.45) is 5.63.